The van der Waals surface area contributed by atoms with Gasteiger partial charge >= 0.3 is 0 Å². The molecule has 5 nitrogen and oxygen atoms in total. The Kier molecular flexibility index (Phi) is 3.83. The van der Waals surface area contributed by atoms with Crippen LogP contribution in [-0.2, 0) is 0 Å². The molecule has 0 unspecified atom stereocenters. The molecule has 92 valence electrons. The Balaban J connectivity index is 1.94. The van der Waals surface area contributed by atoms with Crippen molar-refractivity contribution in [3.8, 4) is 5.88 Å². The lowest BCUT2D eigenvalue weighted by Crippen LogP contribution is -2.07. The van der Waals surface area contributed by atoms with Gasteiger partial charge in [0.05, 0.1) is 7.11 Å². The molecule has 0 aliphatic carbocycles. The van der Waals surface area contributed by atoms with Crippen LogP contribution in [-0.4, -0.2) is 28.0 Å². The molecule has 0 aromatic carbocycles. The summed E-state index contributed by atoms with van der Waals surface area (Å²) in [6.07, 6.45) is 2.41. The van der Waals surface area contributed by atoms with Crippen LogP contribution in [0.4, 0.5) is 5.95 Å². The summed E-state index contributed by atoms with van der Waals surface area (Å²) in [4.78, 5) is 8.59. The number of hydrogen-bond donors (Lipinski definition) is 0. The molecule has 17 heavy (non-hydrogen) atoms. The fourth-order valence-corrected chi connectivity index (χ4v) is 2.27. The van der Waals surface area contributed by atoms with E-state index >= 15 is 0 Å². The standard InChI is InChI=1S/C11H16N4OS/c1-4-5-6-17-11-14-15(11)10-12-8(2)7-9(13-10)16-3/h7H,4-6H2,1-3H3. The van der Waals surface area contributed by atoms with Crippen LogP contribution < -0.4 is 9.75 Å². The minimum Gasteiger partial charge on any atom is -0.481 e. The summed E-state index contributed by atoms with van der Waals surface area (Å²) >= 11 is 1.74. The molecule has 0 bridgehead atoms. The monoisotopic (exact) mass is 252 g/mol. The van der Waals surface area contributed by atoms with Crippen molar-refractivity contribution in [2.24, 2.45) is 5.10 Å². The number of unbranched alkanes of at least 4 members (excludes halogenated alkanes) is 1. The second-order valence-corrected chi connectivity index (χ2v) is 4.81. The molecule has 0 saturated carbocycles. The summed E-state index contributed by atoms with van der Waals surface area (Å²) in [5.41, 5.74) is 0.881. The highest BCUT2D eigenvalue weighted by Gasteiger charge is 2.29. The molecule has 0 N–H and O–H groups in total. The molecule has 1 aromatic heterocycles. The highest BCUT2D eigenvalue weighted by molar-refractivity contribution is 8.14. The van der Waals surface area contributed by atoms with E-state index in [2.05, 4.69) is 22.0 Å². The van der Waals surface area contributed by atoms with Crippen molar-refractivity contribution in [2.75, 3.05) is 17.9 Å². The minimum atomic E-state index is 0.576. The van der Waals surface area contributed by atoms with Crippen LogP contribution in [0, 0.1) is 6.92 Å². The van der Waals surface area contributed by atoms with Gasteiger partial charge in [-0.1, -0.05) is 25.1 Å². The Morgan fingerprint density at radius 1 is 1.41 bits per heavy atom. The Morgan fingerprint density at radius 2 is 2.24 bits per heavy atom. The molecule has 2 heterocycles. The van der Waals surface area contributed by atoms with Gasteiger partial charge in [0.1, 0.15) is 0 Å². The number of nitrogens with zero attached hydrogens (tertiary/aromatic N) is 4. The van der Waals surface area contributed by atoms with Crippen LogP contribution in [0.25, 0.3) is 0 Å². The minimum absolute atomic E-state index is 0.576. The van der Waals surface area contributed by atoms with E-state index in [4.69, 9.17) is 4.74 Å². The molecule has 2 rings (SSSR count). The van der Waals surface area contributed by atoms with E-state index in [9.17, 15) is 0 Å². The Morgan fingerprint density at radius 3 is 2.94 bits per heavy atom. The van der Waals surface area contributed by atoms with Crippen LogP contribution >= 0.6 is 11.8 Å². The number of aryl methyl sites for hydroxylation is 1. The Hall–Kier alpha value is -1.30. The molecule has 0 fully saturated rings. The zero-order valence-corrected chi connectivity index (χ0v) is 11.1. The van der Waals surface area contributed by atoms with Crippen molar-refractivity contribution in [1.29, 1.82) is 0 Å². The molecular weight excluding hydrogens is 236 g/mol. The average molecular weight is 252 g/mol. The number of rotatable bonds is 5. The van der Waals surface area contributed by atoms with Gasteiger partial charge in [-0.25, -0.2) is 4.98 Å². The summed E-state index contributed by atoms with van der Waals surface area (Å²) in [6, 6.07) is 1.80. The molecule has 1 aromatic rings. The molecule has 0 amide bonds. The van der Waals surface area contributed by atoms with Gasteiger partial charge in [-0.3, -0.25) is 0 Å². The number of thioether (sulfide) groups is 1. The maximum atomic E-state index is 5.11. The van der Waals surface area contributed by atoms with Crippen molar-refractivity contribution < 1.29 is 4.74 Å². The number of ether oxygens (including phenoxy) is 1. The van der Waals surface area contributed by atoms with Gasteiger partial charge in [-0.15, -0.1) is 5.10 Å². The van der Waals surface area contributed by atoms with Crippen molar-refractivity contribution in [1.82, 2.24) is 9.97 Å². The number of aromatic nitrogens is 2. The molecule has 1 aliphatic rings. The van der Waals surface area contributed by atoms with Gasteiger partial charge in [-0.2, -0.15) is 9.99 Å². The molecule has 0 spiro atoms. The molecule has 0 atom stereocenters. The number of hydrazone groups is 1. The van der Waals surface area contributed by atoms with Crippen molar-refractivity contribution in [3.05, 3.63) is 11.8 Å². The molecule has 6 heteroatoms. The van der Waals surface area contributed by atoms with Crippen LogP contribution in [0.2, 0.25) is 0 Å². The second-order valence-electron chi connectivity index (χ2n) is 3.75. The smallest absolute Gasteiger partial charge is 0.256 e. The van der Waals surface area contributed by atoms with Gasteiger partial charge < -0.3 is 4.74 Å². The van der Waals surface area contributed by atoms with Crippen LogP contribution in [0.15, 0.2) is 11.2 Å². The first-order valence-electron chi connectivity index (χ1n) is 5.65. The predicted octanol–water partition coefficient (Wildman–Crippen LogP) is 2.42. The third-order valence-corrected chi connectivity index (χ3v) is 3.28. The predicted molar refractivity (Wildman–Crippen MR) is 70.6 cm³/mol. The van der Waals surface area contributed by atoms with E-state index in [-0.39, 0.29) is 0 Å². The largest absolute Gasteiger partial charge is 0.481 e. The fraction of sp³-hybridized carbons (Fsp3) is 0.545. The van der Waals surface area contributed by atoms with Gasteiger partial charge in [-0.05, 0) is 13.3 Å². The van der Waals surface area contributed by atoms with E-state index in [0.29, 0.717) is 11.8 Å². The maximum Gasteiger partial charge on any atom is 0.256 e. The summed E-state index contributed by atoms with van der Waals surface area (Å²) in [7, 11) is 1.60. The maximum absolute atomic E-state index is 5.11. The first-order valence-corrected chi connectivity index (χ1v) is 6.64. The zero-order chi connectivity index (χ0) is 12.3. The van der Waals surface area contributed by atoms with Crippen molar-refractivity contribution >= 4 is 22.9 Å². The third kappa shape index (κ3) is 3.09. The van der Waals surface area contributed by atoms with E-state index in [0.717, 1.165) is 16.6 Å². The average Bonchev–Trinajstić information content (AvgIpc) is 3.08. The van der Waals surface area contributed by atoms with E-state index in [1.807, 2.05) is 6.92 Å². The number of amidine groups is 1. The Bertz CT molecular complexity index is 435. The van der Waals surface area contributed by atoms with Gasteiger partial charge in [0.2, 0.25) is 11.0 Å². The highest BCUT2D eigenvalue weighted by atomic mass is 32.2. The molecular formula is C11H16N4OS. The van der Waals surface area contributed by atoms with Gasteiger partial charge in [0.15, 0.2) is 0 Å². The van der Waals surface area contributed by atoms with Crippen LogP contribution in [0.5, 0.6) is 5.88 Å². The molecule has 0 radical (unpaired) electrons. The lowest BCUT2D eigenvalue weighted by Gasteiger charge is -2.04. The number of hydrogen-bond acceptors (Lipinski definition) is 6. The molecule has 1 aliphatic heterocycles. The SMILES string of the molecule is CCCCSC1=NN1c1nc(C)cc(OC)n1. The topological polar surface area (TPSA) is 50.4 Å². The fourth-order valence-electron chi connectivity index (χ4n) is 1.32. The quantitative estimate of drug-likeness (QED) is 0.753. The normalized spacial score (nSPS) is 13.6. The summed E-state index contributed by atoms with van der Waals surface area (Å²) in [5.74, 6) is 2.27. The van der Waals surface area contributed by atoms with Gasteiger partial charge in [0, 0.05) is 17.5 Å². The third-order valence-electron chi connectivity index (χ3n) is 2.27. The molecule has 0 saturated heterocycles. The first-order chi connectivity index (χ1) is 8.24. The lowest BCUT2D eigenvalue weighted by molar-refractivity contribution is 0.397. The first kappa shape index (κ1) is 12.2. The van der Waals surface area contributed by atoms with E-state index in [1.165, 1.54) is 12.8 Å². The summed E-state index contributed by atoms with van der Waals surface area (Å²) in [5, 5.41) is 7.00. The lowest BCUT2D eigenvalue weighted by atomic mass is 10.4. The van der Waals surface area contributed by atoms with Crippen LogP contribution in [0.3, 0.4) is 0 Å². The van der Waals surface area contributed by atoms with E-state index in [1.54, 1.807) is 29.9 Å². The van der Waals surface area contributed by atoms with Gasteiger partial charge in [0.25, 0.3) is 5.95 Å². The number of methoxy groups -OCH3 is 1. The Labute approximate surface area is 105 Å². The summed E-state index contributed by atoms with van der Waals surface area (Å²) < 4.78 is 5.11. The van der Waals surface area contributed by atoms with E-state index < -0.39 is 0 Å². The van der Waals surface area contributed by atoms with Crippen LogP contribution in [0.1, 0.15) is 25.5 Å². The highest BCUT2D eigenvalue weighted by Crippen LogP contribution is 2.28. The zero-order valence-electron chi connectivity index (χ0n) is 10.3. The number of anilines is 1. The van der Waals surface area contributed by atoms with Crippen molar-refractivity contribution in [2.45, 2.75) is 26.7 Å². The second kappa shape index (κ2) is 5.35. The summed E-state index contributed by atoms with van der Waals surface area (Å²) in [6.45, 7) is 4.10. The van der Waals surface area contributed by atoms with Crippen molar-refractivity contribution in [3.63, 3.8) is 0 Å².